The lowest BCUT2D eigenvalue weighted by Crippen LogP contribution is -2.43. The number of benzene rings is 1. The maximum Gasteiger partial charge on any atom is 0.314 e. The smallest absolute Gasteiger partial charge is 0.314 e. The average Bonchev–Trinajstić information content (AvgIpc) is 3.28. The van der Waals surface area contributed by atoms with Crippen LogP contribution in [0.3, 0.4) is 0 Å². The number of carbonyl (C=O) groups is 1. The molecule has 7 nitrogen and oxygen atoms in total. The molecule has 2 aliphatic rings. The van der Waals surface area contributed by atoms with Crippen molar-refractivity contribution in [2.75, 3.05) is 26.8 Å². The minimum atomic E-state index is -2.82. The van der Waals surface area contributed by atoms with Gasteiger partial charge in [0.2, 0.25) is 5.89 Å². The highest BCUT2D eigenvalue weighted by Gasteiger charge is 2.32. The Balaban J connectivity index is 1.50. The van der Waals surface area contributed by atoms with Crippen LogP contribution in [0.2, 0.25) is 0 Å². The molecule has 0 radical (unpaired) electrons. The first kappa shape index (κ1) is 18.0. The van der Waals surface area contributed by atoms with Crippen LogP contribution >= 0.6 is 0 Å². The van der Waals surface area contributed by atoms with Gasteiger partial charge in [-0.2, -0.15) is 8.78 Å². The Hall–Kier alpha value is -2.39. The standard InChI is InChI=1S/C18H20F2N4O3/c1-23(9-11-4-6-26-7-5-11)24-10-13-3-2-12(8-14(13)18(24)25)16-21-22-17(27-16)15(19)20/h2-3,8,11,15H,4-7,9-10H2,1H3. The van der Waals surface area contributed by atoms with Crippen LogP contribution in [-0.2, 0) is 11.3 Å². The second-order valence-corrected chi connectivity index (χ2v) is 6.88. The summed E-state index contributed by atoms with van der Waals surface area (Å²) in [4.78, 5) is 12.8. The molecule has 2 aliphatic heterocycles. The third kappa shape index (κ3) is 3.57. The van der Waals surface area contributed by atoms with Crippen LogP contribution in [0, 0.1) is 5.92 Å². The van der Waals surface area contributed by atoms with Gasteiger partial charge in [0.05, 0.1) is 6.54 Å². The van der Waals surface area contributed by atoms with Gasteiger partial charge in [-0.15, -0.1) is 10.2 Å². The third-order valence-corrected chi connectivity index (χ3v) is 5.04. The number of hydrogen-bond acceptors (Lipinski definition) is 6. The van der Waals surface area contributed by atoms with E-state index in [-0.39, 0.29) is 11.8 Å². The van der Waals surface area contributed by atoms with Gasteiger partial charge < -0.3 is 9.15 Å². The number of fused-ring (bicyclic) bond motifs is 1. The number of rotatable bonds is 5. The number of hydrogen-bond donors (Lipinski definition) is 0. The fourth-order valence-corrected chi connectivity index (χ4v) is 3.54. The van der Waals surface area contributed by atoms with Gasteiger partial charge in [-0.3, -0.25) is 9.80 Å². The maximum atomic E-state index is 12.8. The first-order valence-corrected chi connectivity index (χ1v) is 8.88. The Morgan fingerprint density at radius 2 is 2.07 bits per heavy atom. The normalized spacial score (nSPS) is 18.0. The second-order valence-electron chi connectivity index (χ2n) is 6.88. The summed E-state index contributed by atoms with van der Waals surface area (Å²) in [6.07, 6.45) is -0.836. The van der Waals surface area contributed by atoms with E-state index in [1.165, 1.54) is 0 Å². The van der Waals surface area contributed by atoms with E-state index in [0.717, 1.165) is 38.2 Å². The van der Waals surface area contributed by atoms with Crippen molar-refractivity contribution >= 4 is 5.91 Å². The van der Waals surface area contributed by atoms with E-state index in [9.17, 15) is 13.6 Å². The number of alkyl halides is 2. The van der Waals surface area contributed by atoms with Gasteiger partial charge in [0.15, 0.2) is 0 Å². The molecule has 2 aromatic rings. The van der Waals surface area contributed by atoms with Crippen molar-refractivity contribution in [3.63, 3.8) is 0 Å². The molecule has 1 aromatic carbocycles. The Labute approximate surface area is 154 Å². The second kappa shape index (κ2) is 7.32. The summed E-state index contributed by atoms with van der Waals surface area (Å²) < 4.78 is 35.6. The van der Waals surface area contributed by atoms with Gasteiger partial charge >= 0.3 is 6.43 Å². The van der Waals surface area contributed by atoms with Gasteiger partial charge in [0.25, 0.3) is 11.8 Å². The number of amides is 1. The maximum absolute atomic E-state index is 12.8. The van der Waals surface area contributed by atoms with Crippen LogP contribution in [0.1, 0.15) is 41.1 Å². The molecule has 9 heteroatoms. The summed E-state index contributed by atoms with van der Waals surface area (Å²) in [7, 11) is 1.91. The van der Waals surface area contributed by atoms with Crippen molar-refractivity contribution in [3.8, 4) is 11.5 Å². The number of nitrogens with zero attached hydrogens (tertiary/aromatic N) is 4. The number of carbonyl (C=O) groups excluding carboxylic acids is 1. The Morgan fingerprint density at radius 3 is 2.78 bits per heavy atom. The summed E-state index contributed by atoms with van der Waals surface area (Å²) in [5, 5.41) is 10.6. The predicted octanol–water partition coefficient (Wildman–Crippen LogP) is 2.90. The molecule has 4 rings (SSSR count). The molecule has 0 unspecified atom stereocenters. The molecular weight excluding hydrogens is 358 g/mol. The summed E-state index contributed by atoms with van der Waals surface area (Å²) in [5.74, 6) is -0.360. The molecule has 0 spiro atoms. The predicted molar refractivity (Wildman–Crippen MR) is 90.7 cm³/mol. The Kier molecular flexibility index (Phi) is 4.88. The van der Waals surface area contributed by atoms with Crippen LogP contribution in [0.15, 0.2) is 22.6 Å². The van der Waals surface area contributed by atoms with Crippen molar-refractivity contribution in [2.45, 2.75) is 25.8 Å². The largest absolute Gasteiger partial charge is 0.415 e. The Morgan fingerprint density at radius 1 is 1.30 bits per heavy atom. The monoisotopic (exact) mass is 378 g/mol. The van der Waals surface area contributed by atoms with Crippen LogP contribution in [0.25, 0.3) is 11.5 Å². The van der Waals surface area contributed by atoms with E-state index in [2.05, 4.69) is 10.2 Å². The van der Waals surface area contributed by atoms with E-state index >= 15 is 0 Å². The van der Waals surface area contributed by atoms with E-state index in [0.29, 0.717) is 23.6 Å². The lowest BCUT2D eigenvalue weighted by molar-refractivity contribution is -0.0168. The molecule has 144 valence electrons. The minimum absolute atomic E-state index is 0.0186. The van der Waals surface area contributed by atoms with E-state index in [4.69, 9.17) is 9.15 Å². The lowest BCUT2D eigenvalue weighted by Gasteiger charge is -2.32. The summed E-state index contributed by atoms with van der Waals surface area (Å²) in [6, 6.07) is 5.14. The molecule has 1 fully saturated rings. The summed E-state index contributed by atoms with van der Waals surface area (Å²) >= 11 is 0. The van der Waals surface area contributed by atoms with E-state index in [1.807, 2.05) is 12.1 Å². The van der Waals surface area contributed by atoms with Crippen molar-refractivity contribution in [1.82, 2.24) is 20.2 Å². The molecular formula is C18H20F2N4O3. The fraction of sp³-hybridized carbons (Fsp3) is 0.500. The molecule has 0 saturated carbocycles. The quantitative estimate of drug-likeness (QED) is 0.797. The highest BCUT2D eigenvalue weighted by atomic mass is 19.3. The number of halogens is 2. The molecule has 0 bridgehead atoms. The van der Waals surface area contributed by atoms with Gasteiger partial charge in [-0.25, -0.2) is 5.01 Å². The minimum Gasteiger partial charge on any atom is -0.415 e. The first-order valence-electron chi connectivity index (χ1n) is 8.88. The number of hydrazine groups is 1. The number of ether oxygens (including phenoxy) is 1. The van der Waals surface area contributed by atoms with E-state index in [1.54, 1.807) is 23.2 Å². The topological polar surface area (TPSA) is 71.7 Å². The summed E-state index contributed by atoms with van der Waals surface area (Å²) in [6.45, 7) is 2.80. The summed E-state index contributed by atoms with van der Waals surface area (Å²) in [5.41, 5.74) is 1.87. The van der Waals surface area contributed by atoms with Gasteiger partial charge in [-0.05, 0) is 36.5 Å². The van der Waals surface area contributed by atoms with Gasteiger partial charge in [-0.1, -0.05) is 6.07 Å². The number of aromatic nitrogens is 2. The molecule has 1 aromatic heterocycles. The lowest BCUT2D eigenvalue weighted by atomic mass is 10.0. The van der Waals surface area contributed by atoms with Crippen molar-refractivity contribution < 1.29 is 22.7 Å². The molecule has 1 amide bonds. The highest BCUT2D eigenvalue weighted by molar-refractivity contribution is 5.99. The molecule has 1 saturated heterocycles. The highest BCUT2D eigenvalue weighted by Crippen LogP contribution is 2.30. The molecule has 27 heavy (non-hydrogen) atoms. The third-order valence-electron chi connectivity index (χ3n) is 5.04. The zero-order valence-corrected chi connectivity index (χ0v) is 14.9. The van der Waals surface area contributed by atoms with Crippen LogP contribution < -0.4 is 0 Å². The molecule has 0 N–H and O–H groups in total. The van der Waals surface area contributed by atoms with Crippen LogP contribution in [0.5, 0.6) is 0 Å². The Bertz CT molecular complexity index is 836. The van der Waals surface area contributed by atoms with Crippen molar-refractivity contribution in [1.29, 1.82) is 0 Å². The van der Waals surface area contributed by atoms with Crippen molar-refractivity contribution in [3.05, 3.63) is 35.2 Å². The first-order chi connectivity index (χ1) is 13.0. The van der Waals surface area contributed by atoms with Crippen LogP contribution in [-0.4, -0.2) is 52.9 Å². The molecule has 3 heterocycles. The molecule has 0 atom stereocenters. The van der Waals surface area contributed by atoms with Gasteiger partial charge in [0.1, 0.15) is 0 Å². The zero-order valence-electron chi connectivity index (χ0n) is 14.9. The van der Waals surface area contributed by atoms with E-state index < -0.39 is 12.3 Å². The van der Waals surface area contributed by atoms with Gasteiger partial charge in [0, 0.05) is 37.9 Å². The SMILES string of the molecule is CN(CC1CCOCC1)N1Cc2ccc(-c3nnc(C(F)F)o3)cc2C1=O. The molecule has 0 aliphatic carbocycles. The zero-order chi connectivity index (χ0) is 19.0. The average molecular weight is 378 g/mol. The van der Waals surface area contributed by atoms with Crippen molar-refractivity contribution in [2.24, 2.45) is 5.92 Å². The fourth-order valence-electron chi connectivity index (χ4n) is 3.54. The van der Waals surface area contributed by atoms with Crippen LogP contribution in [0.4, 0.5) is 8.78 Å².